The molecule has 2 aromatic heterocycles. The molecule has 0 fully saturated rings. The van der Waals surface area contributed by atoms with Gasteiger partial charge in [-0.3, -0.25) is 14.2 Å². The van der Waals surface area contributed by atoms with Crippen LogP contribution in [0.5, 0.6) is 0 Å². The Kier molecular flexibility index (Phi) is 6.59. The van der Waals surface area contributed by atoms with Crippen molar-refractivity contribution >= 4 is 29.1 Å². The predicted octanol–water partition coefficient (Wildman–Crippen LogP) is 4.17. The maximum Gasteiger partial charge on any atom is 0.268 e. The van der Waals surface area contributed by atoms with Crippen LogP contribution in [0.15, 0.2) is 78.1 Å². The Hall–Kier alpha value is -3.86. The summed E-state index contributed by atoms with van der Waals surface area (Å²) in [5.74, 6) is -0.525. The van der Waals surface area contributed by atoms with Crippen molar-refractivity contribution in [3.8, 4) is 17.4 Å². The van der Waals surface area contributed by atoms with Crippen LogP contribution in [0.3, 0.4) is 0 Å². The highest BCUT2D eigenvalue weighted by molar-refractivity contribution is 6.31. The molecule has 1 amide bonds. The van der Waals surface area contributed by atoms with Crippen LogP contribution < -0.4 is 10.9 Å². The molecule has 0 radical (unpaired) electrons. The molecule has 0 spiro atoms. The third-order valence-electron chi connectivity index (χ3n) is 4.97. The minimum absolute atomic E-state index is 0.0666. The molecule has 2 aromatic carbocycles. The Morgan fingerprint density at radius 1 is 1.03 bits per heavy atom. The first-order valence-corrected chi connectivity index (χ1v) is 10.7. The fraction of sp³-hybridized carbons (Fsp3) is 0.0833. The van der Waals surface area contributed by atoms with Gasteiger partial charge in [-0.05, 0) is 48.5 Å². The summed E-state index contributed by atoms with van der Waals surface area (Å²) in [5, 5.41) is 12.4. The molecule has 0 saturated heterocycles. The molecule has 7 nitrogen and oxygen atoms in total. The maximum atomic E-state index is 12.9. The van der Waals surface area contributed by atoms with E-state index in [4.69, 9.17) is 28.5 Å². The summed E-state index contributed by atoms with van der Waals surface area (Å²) >= 11 is 12.2. The first-order chi connectivity index (χ1) is 16.0. The SMILES string of the molecule is N#Cc1ccc(-n2cncc2CCNC(=O)c2cc(Cl)cn(-c3cccc(Cl)c3)c2=O)cc1. The Morgan fingerprint density at radius 2 is 1.82 bits per heavy atom. The molecule has 33 heavy (non-hydrogen) atoms. The molecule has 4 aromatic rings. The number of rotatable bonds is 6. The van der Waals surface area contributed by atoms with E-state index >= 15 is 0 Å². The van der Waals surface area contributed by atoms with Crippen molar-refractivity contribution in [2.45, 2.75) is 6.42 Å². The molecule has 164 valence electrons. The van der Waals surface area contributed by atoms with Crippen LogP contribution in [0.1, 0.15) is 21.6 Å². The second kappa shape index (κ2) is 9.74. The second-order valence-electron chi connectivity index (χ2n) is 7.15. The van der Waals surface area contributed by atoms with E-state index in [1.165, 1.54) is 16.8 Å². The molecular formula is C24H17Cl2N5O2. The summed E-state index contributed by atoms with van der Waals surface area (Å²) < 4.78 is 3.17. The molecule has 0 aliphatic rings. The van der Waals surface area contributed by atoms with Gasteiger partial charge in [0.25, 0.3) is 11.5 Å². The molecule has 0 aliphatic heterocycles. The van der Waals surface area contributed by atoms with Gasteiger partial charge >= 0.3 is 0 Å². The minimum atomic E-state index is -0.525. The number of hydrogen-bond acceptors (Lipinski definition) is 4. The van der Waals surface area contributed by atoms with Crippen molar-refractivity contribution in [3.05, 3.63) is 111 Å². The highest BCUT2D eigenvalue weighted by Gasteiger charge is 2.15. The van der Waals surface area contributed by atoms with Crippen LogP contribution in [-0.4, -0.2) is 26.6 Å². The van der Waals surface area contributed by atoms with E-state index in [1.54, 1.807) is 48.9 Å². The monoisotopic (exact) mass is 477 g/mol. The van der Waals surface area contributed by atoms with Gasteiger partial charge in [-0.2, -0.15) is 5.26 Å². The Labute approximate surface area is 199 Å². The fourth-order valence-electron chi connectivity index (χ4n) is 3.36. The number of amides is 1. The Morgan fingerprint density at radius 3 is 2.55 bits per heavy atom. The lowest BCUT2D eigenvalue weighted by atomic mass is 10.2. The van der Waals surface area contributed by atoms with Gasteiger partial charge in [0, 0.05) is 41.8 Å². The van der Waals surface area contributed by atoms with Crippen molar-refractivity contribution in [1.29, 1.82) is 5.26 Å². The number of aromatic nitrogens is 3. The summed E-state index contributed by atoms with van der Waals surface area (Å²) in [4.78, 5) is 29.9. The van der Waals surface area contributed by atoms with Crippen molar-refractivity contribution < 1.29 is 4.79 Å². The Bertz CT molecular complexity index is 1420. The molecule has 0 saturated carbocycles. The smallest absolute Gasteiger partial charge is 0.268 e. The molecule has 2 heterocycles. The van der Waals surface area contributed by atoms with Crippen molar-refractivity contribution in [2.75, 3.05) is 6.54 Å². The van der Waals surface area contributed by atoms with E-state index in [1.807, 2.05) is 16.7 Å². The molecular weight excluding hydrogens is 461 g/mol. The maximum absolute atomic E-state index is 12.9. The second-order valence-corrected chi connectivity index (χ2v) is 8.02. The average Bonchev–Trinajstić information content (AvgIpc) is 3.28. The van der Waals surface area contributed by atoms with Gasteiger partial charge in [-0.1, -0.05) is 29.3 Å². The van der Waals surface area contributed by atoms with Crippen molar-refractivity contribution in [1.82, 2.24) is 19.4 Å². The number of benzene rings is 2. The van der Waals surface area contributed by atoms with Gasteiger partial charge in [0.2, 0.25) is 0 Å². The molecule has 1 N–H and O–H groups in total. The van der Waals surface area contributed by atoms with Crippen LogP contribution in [0.25, 0.3) is 11.4 Å². The zero-order chi connectivity index (χ0) is 23.4. The molecule has 0 unspecified atom stereocenters. The van der Waals surface area contributed by atoms with Crippen LogP contribution in [-0.2, 0) is 6.42 Å². The molecule has 9 heteroatoms. The highest BCUT2D eigenvalue weighted by atomic mass is 35.5. The van der Waals surface area contributed by atoms with Crippen LogP contribution >= 0.6 is 23.2 Å². The first-order valence-electron chi connectivity index (χ1n) is 9.94. The zero-order valence-electron chi connectivity index (χ0n) is 17.2. The van der Waals surface area contributed by atoms with E-state index in [-0.39, 0.29) is 17.1 Å². The summed E-state index contributed by atoms with van der Waals surface area (Å²) in [5.41, 5.74) is 2.23. The number of carbonyl (C=O) groups excluding carboxylic acids is 1. The lowest BCUT2D eigenvalue weighted by molar-refractivity contribution is 0.0952. The zero-order valence-corrected chi connectivity index (χ0v) is 18.7. The number of imidazole rings is 1. The summed E-state index contributed by atoms with van der Waals surface area (Å²) in [6.07, 6.45) is 5.30. The number of nitrogens with zero attached hydrogens (tertiary/aromatic N) is 4. The predicted molar refractivity (Wildman–Crippen MR) is 126 cm³/mol. The topological polar surface area (TPSA) is 92.7 Å². The molecule has 0 aliphatic carbocycles. The minimum Gasteiger partial charge on any atom is -0.351 e. The normalized spacial score (nSPS) is 10.6. The van der Waals surface area contributed by atoms with E-state index < -0.39 is 11.5 Å². The van der Waals surface area contributed by atoms with E-state index in [0.717, 1.165) is 11.4 Å². The van der Waals surface area contributed by atoms with Gasteiger partial charge in [0.05, 0.1) is 28.7 Å². The lowest BCUT2D eigenvalue weighted by Crippen LogP contribution is -2.33. The summed E-state index contributed by atoms with van der Waals surface area (Å²) in [6.45, 7) is 0.282. The van der Waals surface area contributed by atoms with Gasteiger partial charge in [-0.15, -0.1) is 0 Å². The van der Waals surface area contributed by atoms with Crippen molar-refractivity contribution in [2.24, 2.45) is 0 Å². The number of hydrogen-bond donors (Lipinski definition) is 1. The Balaban J connectivity index is 1.49. The fourth-order valence-corrected chi connectivity index (χ4v) is 3.76. The van der Waals surface area contributed by atoms with Gasteiger partial charge in [-0.25, -0.2) is 4.98 Å². The van der Waals surface area contributed by atoms with E-state index in [9.17, 15) is 9.59 Å². The standard InChI is InChI=1S/C24H17Cl2N5O2/c25-17-2-1-3-20(10-17)30-14-18(26)11-22(24(30)33)23(32)29-9-8-21-13-28-15-31(21)19-6-4-16(12-27)5-7-19/h1-7,10-11,13-15H,8-9H2,(H,29,32). The van der Waals surface area contributed by atoms with E-state index in [2.05, 4.69) is 16.4 Å². The third-order valence-corrected chi connectivity index (χ3v) is 5.41. The van der Waals surface area contributed by atoms with Crippen LogP contribution in [0.4, 0.5) is 0 Å². The number of nitriles is 1. The highest BCUT2D eigenvalue weighted by Crippen LogP contribution is 2.17. The van der Waals surface area contributed by atoms with Crippen molar-refractivity contribution in [3.63, 3.8) is 0 Å². The summed E-state index contributed by atoms with van der Waals surface area (Å²) in [7, 11) is 0. The first kappa shape index (κ1) is 22.3. The molecule has 0 bridgehead atoms. The largest absolute Gasteiger partial charge is 0.351 e. The number of halogens is 2. The van der Waals surface area contributed by atoms with Gasteiger partial charge in [0.15, 0.2) is 0 Å². The quantitative estimate of drug-likeness (QED) is 0.450. The van der Waals surface area contributed by atoms with Gasteiger partial charge in [0.1, 0.15) is 5.56 Å². The molecule has 4 rings (SSSR count). The third kappa shape index (κ3) is 4.98. The summed E-state index contributed by atoms with van der Waals surface area (Å²) in [6, 6.07) is 17.3. The average molecular weight is 478 g/mol. The van der Waals surface area contributed by atoms with Crippen LogP contribution in [0, 0.1) is 11.3 Å². The number of nitrogens with one attached hydrogen (secondary N) is 1. The number of carbonyl (C=O) groups is 1. The van der Waals surface area contributed by atoms with Gasteiger partial charge < -0.3 is 9.88 Å². The lowest BCUT2D eigenvalue weighted by Gasteiger charge is -2.11. The number of pyridine rings is 1. The molecule has 0 atom stereocenters. The van der Waals surface area contributed by atoms with Crippen LogP contribution in [0.2, 0.25) is 10.0 Å². The van der Waals surface area contributed by atoms with E-state index in [0.29, 0.717) is 22.7 Å².